The highest BCUT2D eigenvalue weighted by molar-refractivity contribution is 6.33. The maximum Gasteiger partial charge on any atom is 0.416 e. The fourth-order valence-corrected chi connectivity index (χ4v) is 3.04. The van der Waals surface area contributed by atoms with E-state index in [-0.39, 0.29) is 16.6 Å². The fraction of sp³-hybridized carbons (Fsp3) is 0.263. The SMILES string of the molecule is CN1CCc2c(OCC(=O)Nc3cc(C(F)(F)F)ccc3Cl)cccc2C1=O. The first-order chi connectivity index (χ1) is 13.2. The number of fused-ring (bicyclic) bond motifs is 1. The van der Waals surface area contributed by atoms with Gasteiger partial charge in [0.05, 0.1) is 16.3 Å². The molecular formula is C19H16ClF3N2O3. The molecule has 3 rings (SSSR count). The van der Waals surface area contributed by atoms with Gasteiger partial charge in [-0.15, -0.1) is 0 Å². The monoisotopic (exact) mass is 412 g/mol. The Hall–Kier alpha value is -2.74. The molecule has 1 heterocycles. The van der Waals surface area contributed by atoms with Crippen molar-refractivity contribution in [2.75, 3.05) is 25.5 Å². The molecule has 0 saturated carbocycles. The molecule has 1 N–H and O–H groups in total. The lowest BCUT2D eigenvalue weighted by Gasteiger charge is -2.26. The summed E-state index contributed by atoms with van der Waals surface area (Å²) in [6.07, 6.45) is -3.97. The van der Waals surface area contributed by atoms with Gasteiger partial charge in [0, 0.05) is 24.7 Å². The fourth-order valence-electron chi connectivity index (χ4n) is 2.87. The van der Waals surface area contributed by atoms with Crippen LogP contribution in [0.2, 0.25) is 5.02 Å². The van der Waals surface area contributed by atoms with Crippen LogP contribution in [0.1, 0.15) is 21.5 Å². The van der Waals surface area contributed by atoms with Crippen LogP contribution in [0.25, 0.3) is 0 Å². The van der Waals surface area contributed by atoms with Crippen LogP contribution >= 0.6 is 11.6 Å². The van der Waals surface area contributed by atoms with Crippen molar-refractivity contribution in [2.24, 2.45) is 0 Å². The van der Waals surface area contributed by atoms with Crippen molar-refractivity contribution in [2.45, 2.75) is 12.6 Å². The zero-order valence-electron chi connectivity index (χ0n) is 14.8. The number of carbonyl (C=O) groups excluding carboxylic acids is 2. The van der Waals surface area contributed by atoms with Crippen molar-refractivity contribution >= 4 is 29.1 Å². The molecule has 2 aromatic rings. The summed E-state index contributed by atoms with van der Waals surface area (Å²) in [6, 6.07) is 7.63. The number of hydrogen-bond donors (Lipinski definition) is 1. The van der Waals surface area contributed by atoms with E-state index in [4.69, 9.17) is 16.3 Å². The Morgan fingerprint density at radius 1 is 1.29 bits per heavy atom. The zero-order chi connectivity index (χ0) is 20.5. The number of likely N-dealkylation sites (N-methyl/N-ethyl adjacent to an activating group) is 1. The van der Waals surface area contributed by atoms with Crippen LogP contribution in [0.4, 0.5) is 18.9 Å². The van der Waals surface area contributed by atoms with Crippen LogP contribution < -0.4 is 10.1 Å². The molecule has 0 unspecified atom stereocenters. The Kier molecular flexibility index (Phi) is 5.51. The summed E-state index contributed by atoms with van der Waals surface area (Å²) < 4.78 is 44.0. The lowest BCUT2D eigenvalue weighted by atomic mass is 9.98. The molecule has 0 bridgehead atoms. The lowest BCUT2D eigenvalue weighted by Crippen LogP contribution is -2.34. The molecule has 1 aliphatic rings. The van der Waals surface area contributed by atoms with Crippen LogP contribution in [0, 0.1) is 0 Å². The number of hydrogen-bond acceptors (Lipinski definition) is 3. The number of halogens is 4. The standard InChI is InChI=1S/C19H16ClF3N2O3/c1-25-8-7-12-13(18(25)27)3-2-4-16(12)28-10-17(26)24-15-9-11(19(21,22)23)5-6-14(15)20/h2-6,9H,7-8,10H2,1H3,(H,24,26). The summed E-state index contributed by atoms with van der Waals surface area (Å²) in [4.78, 5) is 25.9. The number of amides is 2. The Morgan fingerprint density at radius 3 is 2.75 bits per heavy atom. The Balaban J connectivity index is 1.70. The van der Waals surface area contributed by atoms with E-state index in [1.54, 1.807) is 30.1 Å². The van der Waals surface area contributed by atoms with Crippen molar-refractivity contribution < 1.29 is 27.5 Å². The van der Waals surface area contributed by atoms with Crippen molar-refractivity contribution in [1.82, 2.24) is 4.90 Å². The average molecular weight is 413 g/mol. The number of benzene rings is 2. The number of alkyl halides is 3. The minimum atomic E-state index is -4.55. The molecule has 0 atom stereocenters. The number of nitrogens with one attached hydrogen (secondary N) is 1. The maximum atomic E-state index is 12.8. The third-order valence-electron chi connectivity index (χ3n) is 4.33. The van der Waals surface area contributed by atoms with Crippen LogP contribution in [0.5, 0.6) is 5.75 Å². The summed E-state index contributed by atoms with van der Waals surface area (Å²) in [5.74, 6) is -0.408. The second-order valence-corrected chi connectivity index (χ2v) is 6.70. The van der Waals surface area contributed by atoms with Gasteiger partial charge in [0.25, 0.3) is 11.8 Å². The number of rotatable bonds is 4. The van der Waals surface area contributed by atoms with Crippen molar-refractivity contribution in [3.63, 3.8) is 0 Å². The van der Waals surface area contributed by atoms with Gasteiger partial charge in [-0.2, -0.15) is 13.2 Å². The predicted molar refractivity (Wildman–Crippen MR) is 97.7 cm³/mol. The Bertz CT molecular complexity index is 931. The van der Waals surface area contributed by atoms with E-state index in [0.29, 0.717) is 29.8 Å². The summed E-state index contributed by atoms with van der Waals surface area (Å²) in [5.41, 5.74) is 0.132. The third kappa shape index (κ3) is 4.22. The van der Waals surface area contributed by atoms with Crippen LogP contribution in [-0.2, 0) is 17.4 Å². The molecule has 0 aliphatic carbocycles. The van der Waals surface area contributed by atoms with Crippen LogP contribution in [-0.4, -0.2) is 36.9 Å². The highest BCUT2D eigenvalue weighted by Gasteiger charge is 2.31. The van der Waals surface area contributed by atoms with E-state index >= 15 is 0 Å². The van der Waals surface area contributed by atoms with Gasteiger partial charge in [-0.25, -0.2) is 0 Å². The lowest BCUT2D eigenvalue weighted by molar-refractivity contribution is -0.137. The Labute approximate surface area is 164 Å². The van der Waals surface area contributed by atoms with Gasteiger partial charge in [-0.3, -0.25) is 9.59 Å². The van der Waals surface area contributed by atoms with Crippen LogP contribution in [0.3, 0.4) is 0 Å². The molecule has 0 radical (unpaired) electrons. The number of nitrogens with zero attached hydrogens (tertiary/aromatic N) is 1. The van der Waals surface area contributed by atoms with E-state index in [9.17, 15) is 22.8 Å². The van der Waals surface area contributed by atoms with Crippen molar-refractivity contribution in [3.05, 3.63) is 58.1 Å². The number of ether oxygens (including phenoxy) is 1. The first-order valence-electron chi connectivity index (χ1n) is 8.33. The highest BCUT2D eigenvalue weighted by Crippen LogP contribution is 2.34. The molecule has 2 amide bonds. The smallest absolute Gasteiger partial charge is 0.416 e. The van der Waals surface area contributed by atoms with Gasteiger partial charge in [0.1, 0.15) is 5.75 Å². The van der Waals surface area contributed by atoms with E-state index < -0.39 is 24.3 Å². The summed E-state index contributed by atoms with van der Waals surface area (Å²) in [6.45, 7) is 0.0886. The molecule has 5 nitrogen and oxygen atoms in total. The largest absolute Gasteiger partial charge is 0.483 e. The van der Waals surface area contributed by atoms with Gasteiger partial charge < -0.3 is 15.0 Å². The second-order valence-electron chi connectivity index (χ2n) is 6.29. The molecule has 2 aromatic carbocycles. The maximum absolute atomic E-state index is 12.8. The summed E-state index contributed by atoms with van der Waals surface area (Å²) in [7, 11) is 1.70. The van der Waals surface area contributed by atoms with Crippen LogP contribution in [0.15, 0.2) is 36.4 Å². The molecule has 0 spiro atoms. The van der Waals surface area contributed by atoms with Gasteiger partial charge in [-0.1, -0.05) is 17.7 Å². The highest BCUT2D eigenvalue weighted by atomic mass is 35.5. The molecule has 9 heteroatoms. The van der Waals surface area contributed by atoms with Crippen molar-refractivity contribution in [3.8, 4) is 5.75 Å². The van der Waals surface area contributed by atoms with Gasteiger partial charge >= 0.3 is 6.18 Å². The average Bonchev–Trinajstić information content (AvgIpc) is 2.64. The first-order valence-corrected chi connectivity index (χ1v) is 8.71. The Morgan fingerprint density at radius 2 is 2.04 bits per heavy atom. The quantitative estimate of drug-likeness (QED) is 0.825. The normalized spacial score (nSPS) is 13.9. The molecule has 0 aromatic heterocycles. The third-order valence-corrected chi connectivity index (χ3v) is 4.66. The number of carbonyl (C=O) groups is 2. The van der Waals surface area contributed by atoms with E-state index in [2.05, 4.69) is 5.32 Å². The summed E-state index contributed by atoms with van der Waals surface area (Å²) in [5, 5.41) is 2.30. The molecular weight excluding hydrogens is 397 g/mol. The number of anilines is 1. The molecule has 0 saturated heterocycles. The minimum Gasteiger partial charge on any atom is -0.483 e. The van der Waals surface area contributed by atoms with Crippen molar-refractivity contribution in [1.29, 1.82) is 0 Å². The van der Waals surface area contributed by atoms with E-state index in [1.807, 2.05) is 0 Å². The van der Waals surface area contributed by atoms with Gasteiger partial charge in [0.2, 0.25) is 0 Å². The van der Waals surface area contributed by atoms with E-state index in [0.717, 1.165) is 18.2 Å². The zero-order valence-corrected chi connectivity index (χ0v) is 15.5. The van der Waals surface area contributed by atoms with Gasteiger partial charge in [0.15, 0.2) is 6.61 Å². The molecule has 148 valence electrons. The second kappa shape index (κ2) is 7.71. The molecule has 1 aliphatic heterocycles. The summed E-state index contributed by atoms with van der Waals surface area (Å²) >= 11 is 5.87. The van der Waals surface area contributed by atoms with E-state index in [1.165, 1.54) is 0 Å². The first kappa shape index (κ1) is 20.0. The molecule has 0 fully saturated rings. The van der Waals surface area contributed by atoms with Gasteiger partial charge in [-0.05, 0) is 36.8 Å². The minimum absolute atomic E-state index is 0.0212. The molecule has 28 heavy (non-hydrogen) atoms. The predicted octanol–water partition coefficient (Wildman–Crippen LogP) is 4.00. The topological polar surface area (TPSA) is 58.6 Å².